The number of ether oxygens (including phenoxy) is 1. The van der Waals surface area contributed by atoms with Crippen LogP contribution >= 0.6 is 0 Å². The lowest BCUT2D eigenvalue weighted by Crippen LogP contribution is -2.28. The van der Waals surface area contributed by atoms with E-state index >= 15 is 0 Å². The van der Waals surface area contributed by atoms with Crippen molar-refractivity contribution < 1.29 is 9.53 Å². The van der Waals surface area contributed by atoms with Crippen LogP contribution in [0.4, 0.5) is 0 Å². The highest BCUT2D eigenvalue weighted by atomic mass is 16.5. The van der Waals surface area contributed by atoms with Gasteiger partial charge in [-0.15, -0.1) is 0 Å². The fraction of sp³-hybridized carbons (Fsp3) is 0.238. The molecular weight excluding hydrogens is 326 g/mol. The Bertz CT molecular complexity index is 890. The number of rotatable bonds is 4. The van der Waals surface area contributed by atoms with Gasteiger partial charge in [0.2, 0.25) is 0 Å². The molecule has 1 aliphatic rings. The van der Waals surface area contributed by atoms with Crippen molar-refractivity contribution in [1.29, 1.82) is 0 Å². The molecule has 3 aromatic rings. The average molecular weight is 347 g/mol. The van der Waals surface area contributed by atoms with E-state index in [1.54, 1.807) is 12.5 Å². The zero-order valence-corrected chi connectivity index (χ0v) is 14.5. The zero-order chi connectivity index (χ0) is 17.8. The van der Waals surface area contributed by atoms with Crippen LogP contribution < -0.4 is 10.1 Å². The summed E-state index contributed by atoms with van der Waals surface area (Å²) in [6.07, 6.45) is 7.23. The molecule has 5 nitrogen and oxygen atoms in total. The van der Waals surface area contributed by atoms with Gasteiger partial charge in [0.1, 0.15) is 5.75 Å². The number of hydrogen-bond acceptors (Lipinski definition) is 3. The van der Waals surface area contributed by atoms with Gasteiger partial charge in [-0.1, -0.05) is 30.3 Å². The molecule has 1 aliphatic heterocycles. The van der Waals surface area contributed by atoms with Crippen molar-refractivity contribution in [2.24, 2.45) is 0 Å². The number of nitrogens with one attached hydrogen (secondary N) is 1. The van der Waals surface area contributed by atoms with Crippen LogP contribution in [-0.4, -0.2) is 22.1 Å². The van der Waals surface area contributed by atoms with Gasteiger partial charge in [0.25, 0.3) is 5.91 Å². The molecule has 0 spiro atoms. The summed E-state index contributed by atoms with van der Waals surface area (Å²) >= 11 is 0. The lowest BCUT2D eigenvalue weighted by Gasteiger charge is -2.18. The van der Waals surface area contributed by atoms with E-state index in [2.05, 4.69) is 10.3 Å². The van der Waals surface area contributed by atoms with Crippen molar-refractivity contribution in [2.45, 2.75) is 25.4 Å². The Labute approximate surface area is 152 Å². The number of hydrogen-bond donors (Lipinski definition) is 1. The first-order chi connectivity index (χ1) is 12.8. The highest BCUT2D eigenvalue weighted by Gasteiger charge is 2.21. The van der Waals surface area contributed by atoms with Gasteiger partial charge in [-0.3, -0.25) is 4.79 Å². The van der Waals surface area contributed by atoms with Gasteiger partial charge in [-0.2, -0.15) is 0 Å². The number of nitrogens with zero attached hydrogens (tertiary/aromatic N) is 2. The first kappa shape index (κ1) is 16.4. The summed E-state index contributed by atoms with van der Waals surface area (Å²) in [5.74, 6) is 0.809. The largest absolute Gasteiger partial charge is 0.493 e. The van der Waals surface area contributed by atoms with E-state index in [9.17, 15) is 4.79 Å². The first-order valence-electron chi connectivity index (χ1n) is 8.87. The molecule has 0 bridgehead atoms. The number of fused-ring (bicyclic) bond motifs is 1. The van der Waals surface area contributed by atoms with Crippen molar-refractivity contribution >= 4 is 5.91 Å². The third-order valence-corrected chi connectivity index (χ3v) is 4.61. The van der Waals surface area contributed by atoms with E-state index in [0.717, 1.165) is 29.7 Å². The molecule has 0 radical (unpaired) electrons. The van der Waals surface area contributed by atoms with Crippen LogP contribution in [0.25, 0.3) is 0 Å². The van der Waals surface area contributed by atoms with Crippen molar-refractivity contribution in [1.82, 2.24) is 14.9 Å². The quantitative estimate of drug-likeness (QED) is 0.785. The third kappa shape index (κ3) is 3.61. The molecule has 5 heteroatoms. The number of para-hydroxylation sites is 1. The van der Waals surface area contributed by atoms with E-state index in [-0.39, 0.29) is 11.9 Å². The molecule has 2 heterocycles. The van der Waals surface area contributed by atoms with Gasteiger partial charge in [-0.05, 0) is 36.6 Å². The van der Waals surface area contributed by atoms with Gasteiger partial charge in [0, 0.05) is 30.1 Å². The summed E-state index contributed by atoms with van der Waals surface area (Å²) in [5.41, 5.74) is 2.79. The molecule has 4 rings (SSSR count). The molecule has 26 heavy (non-hydrogen) atoms. The fourth-order valence-corrected chi connectivity index (χ4v) is 3.32. The van der Waals surface area contributed by atoms with E-state index < -0.39 is 0 Å². The van der Waals surface area contributed by atoms with Crippen molar-refractivity contribution in [3.8, 4) is 5.75 Å². The predicted molar refractivity (Wildman–Crippen MR) is 99.1 cm³/mol. The van der Waals surface area contributed by atoms with Crippen LogP contribution in [0.5, 0.6) is 5.75 Å². The van der Waals surface area contributed by atoms with Crippen LogP contribution in [0, 0.1) is 0 Å². The maximum atomic E-state index is 12.8. The minimum Gasteiger partial charge on any atom is -0.493 e. The Morgan fingerprint density at radius 2 is 2.15 bits per heavy atom. The van der Waals surface area contributed by atoms with E-state index in [0.29, 0.717) is 18.7 Å². The van der Waals surface area contributed by atoms with Crippen molar-refractivity contribution in [3.05, 3.63) is 83.9 Å². The monoisotopic (exact) mass is 347 g/mol. The van der Waals surface area contributed by atoms with E-state index in [1.165, 1.54) is 0 Å². The summed E-state index contributed by atoms with van der Waals surface area (Å²) in [4.78, 5) is 16.9. The van der Waals surface area contributed by atoms with Gasteiger partial charge < -0.3 is 14.6 Å². The number of benzene rings is 2. The summed E-state index contributed by atoms with van der Waals surface area (Å²) in [7, 11) is 0. The number of amides is 1. The Morgan fingerprint density at radius 3 is 3.04 bits per heavy atom. The maximum absolute atomic E-state index is 12.8. The number of carbonyl (C=O) groups excluding carboxylic acids is 1. The minimum absolute atomic E-state index is 0.0292. The molecule has 0 aliphatic carbocycles. The highest BCUT2D eigenvalue weighted by molar-refractivity contribution is 5.94. The molecule has 1 aromatic heterocycles. The zero-order valence-electron chi connectivity index (χ0n) is 14.5. The van der Waals surface area contributed by atoms with E-state index in [4.69, 9.17) is 4.74 Å². The Kier molecular flexibility index (Phi) is 4.69. The number of aromatic nitrogens is 2. The summed E-state index contributed by atoms with van der Waals surface area (Å²) in [6.45, 7) is 1.38. The Balaban J connectivity index is 1.51. The summed E-state index contributed by atoms with van der Waals surface area (Å²) in [5, 5.41) is 3.18. The van der Waals surface area contributed by atoms with Crippen molar-refractivity contribution in [3.63, 3.8) is 0 Å². The summed E-state index contributed by atoms with van der Waals surface area (Å²) in [6, 6.07) is 15.6. The highest BCUT2D eigenvalue weighted by Crippen LogP contribution is 2.31. The first-order valence-corrected chi connectivity index (χ1v) is 8.87. The second kappa shape index (κ2) is 7.44. The SMILES string of the molecule is O=C(N[C@@H]1CCCOc2ccccc21)c1cccc(Cn2ccnc2)c1. The number of carbonyl (C=O) groups is 1. The molecule has 132 valence electrons. The van der Waals surface area contributed by atoms with Crippen LogP contribution in [0.1, 0.15) is 40.4 Å². The van der Waals surface area contributed by atoms with Crippen molar-refractivity contribution in [2.75, 3.05) is 6.61 Å². The topological polar surface area (TPSA) is 56.1 Å². The summed E-state index contributed by atoms with van der Waals surface area (Å²) < 4.78 is 7.77. The molecule has 0 saturated carbocycles. The average Bonchev–Trinajstić information content (AvgIpc) is 3.09. The molecule has 2 aromatic carbocycles. The minimum atomic E-state index is -0.0563. The molecular formula is C21H21N3O2. The molecule has 0 saturated heterocycles. The molecule has 1 N–H and O–H groups in total. The molecule has 1 amide bonds. The Hall–Kier alpha value is -3.08. The molecule has 0 unspecified atom stereocenters. The smallest absolute Gasteiger partial charge is 0.251 e. The van der Waals surface area contributed by atoms with Gasteiger partial charge >= 0.3 is 0 Å². The predicted octanol–water partition coefficient (Wildman–Crippen LogP) is 3.58. The van der Waals surface area contributed by atoms with Crippen LogP contribution in [0.2, 0.25) is 0 Å². The maximum Gasteiger partial charge on any atom is 0.251 e. The lowest BCUT2D eigenvalue weighted by atomic mass is 10.0. The standard InChI is InChI=1S/C21H21N3O2/c25-21(17-6-3-5-16(13-17)14-24-11-10-22-15-24)23-19-8-4-12-26-20-9-2-1-7-18(19)20/h1-3,5-7,9-11,13,15,19H,4,8,12,14H2,(H,23,25)/t19-/m1/s1. The Morgan fingerprint density at radius 1 is 1.23 bits per heavy atom. The number of imidazole rings is 1. The normalized spacial score (nSPS) is 16.2. The lowest BCUT2D eigenvalue weighted by molar-refractivity contribution is 0.0934. The molecule has 0 fully saturated rings. The fourth-order valence-electron chi connectivity index (χ4n) is 3.32. The van der Waals surface area contributed by atoms with Gasteiger partial charge in [0.05, 0.1) is 19.0 Å². The molecule has 1 atom stereocenters. The van der Waals surface area contributed by atoms with Gasteiger partial charge in [-0.25, -0.2) is 4.98 Å². The van der Waals surface area contributed by atoms with Gasteiger partial charge in [0.15, 0.2) is 0 Å². The van der Waals surface area contributed by atoms with Crippen LogP contribution in [-0.2, 0) is 6.54 Å². The second-order valence-corrected chi connectivity index (χ2v) is 6.49. The van der Waals surface area contributed by atoms with Crippen LogP contribution in [0.15, 0.2) is 67.3 Å². The van der Waals surface area contributed by atoms with E-state index in [1.807, 2.05) is 59.3 Å². The van der Waals surface area contributed by atoms with Crippen LogP contribution in [0.3, 0.4) is 0 Å². The second-order valence-electron chi connectivity index (χ2n) is 6.49. The third-order valence-electron chi connectivity index (χ3n) is 4.61.